The molecule has 3 aromatic rings. The maximum atomic E-state index is 12.1. The van der Waals surface area contributed by atoms with Crippen LogP contribution in [0.4, 0.5) is 11.4 Å². The quantitative estimate of drug-likeness (QED) is 0.669. The predicted octanol–water partition coefficient (Wildman–Crippen LogP) is 3.71. The lowest BCUT2D eigenvalue weighted by atomic mass is 10.2. The minimum absolute atomic E-state index is 0.281. The molecule has 3 rings (SSSR count). The molecule has 0 bridgehead atoms. The minimum atomic E-state index is -0.855. The maximum Gasteiger partial charge on any atom is 0.314 e. The van der Waals surface area contributed by atoms with Gasteiger partial charge in [-0.25, -0.2) is 0 Å². The highest BCUT2D eigenvalue weighted by molar-refractivity contribution is 6.43. The van der Waals surface area contributed by atoms with Crippen LogP contribution < -0.4 is 15.4 Å². The number of benzene rings is 3. The van der Waals surface area contributed by atoms with Crippen LogP contribution in [0.1, 0.15) is 11.1 Å². The van der Waals surface area contributed by atoms with Crippen molar-refractivity contribution in [3.8, 4) is 11.8 Å². The molecule has 0 aliphatic rings. The van der Waals surface area contributed by atoms with E-state index >= 15 is 0 Å². The fourth-order valence-electron chi connectivity index (χ4n) is 2.43. The molecule has 0 unspecified atom stereocenters. The monoisotopic (exact) mass is 371 g/mol. The van der Waals surface area contributed by atoms with Crippen molar-refractivity contribution >= 4 is 23.2 Å². The third-order valence-electron chi connectivity index (χ3n) is 3.86. The van der Waals surface area contributed by atoms with Gasteiger partial charge in [-0.1, -0.05) is 42.5 Å². The fraction of sp³-hybridized carbons (Fsp3) is 0.0455. The molecule has 0 fully saturated rings. The van der Waals surface area contributed by atoms with Crippen LogP contribution >= 0.6 is 0 Å². The Labute approximate surface area is 162 Å². The third kappa shape index (κ3) is 4.96. The summed E-state index contributed by atoms with van der Waals surface area (Å²) in [4.78, 5) is 24.1. The average Bonchev–Trinajstić information content (AvgIpc) is 2.74. The highest BCUT2D eigenvalue weighted by atomic mass is 16.5. The minimum Gasteiger partial charge on any atom is -0.489 e. The van der Waals surface area contributed by atoms with E-state index in [1.165, 1.54) is 0 Å². The number of anilines is 2. The van der Waals surface area contributed by atoms with Crippen LogP contribution in [-0.2, 0) is 16.2 Å². The number of para-hydroxylation sites is 1. The SMILES string of the molecule is N#Cc1ccccc1NC(=O)C(=O)Nc1ccc(OCc2ccccc2)cc1. The van der Waals surface area contributed by atoms with Crippen LogP contribution in [0, 0.1) is 11.3 Å². The maximum absolute atomic E-state index is 12.1. The lowest BCUT2D eigenvalue weighted by molar-refractivity contribution is -0.133. The van der Waals surface area contributed by atoms with Gasteiger partial charge in [0, 0.05) is 5.69 Å². The average molecular weight is 371 g/mol. The summed E-state index contributed by atoms with van der Waals surface area (Å²) in [5, 5.41) is 14.0. The summed E-state index contributed by atoms with van der Waals surface area (Å²) >= 11 is 0. The second kappa shape index (κ2) is 9.01. The lowest BCUT2D eigenvalue weighted by Crippen LogP contribution is -2.29. The highest BCUT2D eigenvalue weighted by Crippen LogP contribution is 2.18. The topological polar surface area (TPSA) is 91.2 Å². The Morgan fingerprint density at radius 2 is 1.46 bits per heavy atom. The number of hydrogen-bond donors (Lipinski definition) is 2. The van der Waals surface area contributed by atoms with Gasteiger partial charge < -0.3 is 15.4 Å². The van der Waals surface area contributed by atoms with Crippen molar-refractivity contribution in [1.29, 1.82) is 5.26 Å². The summed E-state index contributed by atoms with van der Waals surface area (Å²) in [6.45, 7) is 0.438. The molecule has 0 radical (unpaired) electrons. The van der Waals surface area contributed by atoms with E-state index in [0.29, 0.717) is 18.0 Å². The Morgan fingerprint density at radius 3 is 2.18 bits per heavy atom. The zero-order valence-corrected chi connectivity index (χ0v) is 14.9. The van der Waals surface area contributed by atoms with Crippen LogP contribution in [-0.4, -0.2) is 11.8 Å². The van der Waals surface area contributed by atoms with Crippen LogP contribution in [0.5, 0.6) is 5.75 Å². The van der Waals surface area contributed by atoms with Crippen molar-refractivity contribution in [2.45, 2.75) is 6.61 Å². The first-order chi connectivity index (χ1) is 13.7. The molecule has 0 aliphatic heterocycles. The van der Waals surface area contributed by atoms with E-state index in [-0.39, 0.29) is 11.3 Å². The number of ether oxygens (including phenoxy) is 1. The second-order valence-electron chi connectivity index (χ2n) is 5.86. The van der Waals surface area contributed by atoms with Crippen LogP contribution in [0.15, 0.2) is 78.9 Å². The van der Waals surface area contributed by atoms with Gasteiger partial charge in [-0.3, -0.25) is 9.59 Å². The molecule has 0 atom stereocenters. The third-order valence-corrected chi connectivity index (χ3v) is 3.86. The Bertz CT molecular complexity index is 1010. The number of rotatable bonds is 5. The normalized spacial score (nSPS) is 9.82. The van der Waals surface area contributed by atoms with Crippen LogP contribution in [0.3, 0.4) is 0 Å². The Hall–Kier alpha value is -4.11. The standard InChI is InChI=1S/C22H17N3O3/c23-14-17-8-4-5-9-20(17)25-22(27)21(26)24-18-10-12-19(13-11-18)28-15-16-6-2-1-3-7-16/h1-13H,15H2,(H,24,26)(H,25,27). The largest absolute Gasteiger partial charge is 0.489 e. The molecule has 28 heavy (non-hydrogen) atoms. The number of amides is 2. The van der Waals surface area contributed by atoms with Crippen molar-refractivity contribution in [2.75, 3.05) is 10.6 Å². The summed E-state index contributed by atoms with van der Waals surface area (Å²) in [6.07, 6.45) is 0. The molecule has 6 heteroatoms. The Kier molecular flexibility index (Phi) is 6.01. The molecule has 6 nitrogen and oxygen atoms in total. The van der Waals surface area contributed by atoms with E-state index in [9.17, 15) is 9.59 Å². The molecular formula is C22H17N3O3. The number of hydrogen-bond acceptors (Lipinski definition) is 4. The molecule has 3 aromatic carbocycles. The summed E-state index contributed by atoms with van der Waals surface area (Å²) in [5.74, 6) is -1.04. The van der Waals surface area contributed by atoms with E-state index in [2.05, 4.69) is 10.6 Å². The first kappa shape index (κ1) is 18.7. The first-order valence-corrected chi connectivity index (χ1v) is 8.54. The van der Waals surface area contributed by atoms with Crippen molar-refractivity contribution in [2.24, 2.45) is 0 Å². The number of nitrogens with zero attached hydrogens (tertiary/aromatic N) is 1. The molecule has 2 N–H and O–H groups in total. The lowest BCUT2D eigenvalue weighted by Gasteiger charge is -2.09. The number of carbonyl (C=O) groups excluding carboxylic acids is 2. The highest BCUT2D eigenvalue weighted by Gasteiger charge is 2.15. The number of carbonyl (C=O) groups is 2. The first-order valence-electron chi connectivity index (χ1n) is 8.54. The molecule has 138 valence electrons. The van der Waals surface area contributed by atoms with Crippen molar-refractivity contribution < 1.29 is 14.3 Å². The van der Waals surface area contributed by atoms with E-state index in [0.717, 1.165) is 5.56 Å². The summed E-state index contributed by atoms with van der Waals surface area (Å²) in [7, 11) is 0. The second-order valence-corrected chi connectivity index (χ2v) is 5.86. The number of nitrogens with one attached hydrogen (secondary N) is 2. The predicted molar refractivity (Wildman–Crippen MR) is 106 cm³/mol. The van der Waals surface area contributed by atoms with Gasteiger partial charge in [0.25, 0.3) is 0 Å². The van der Waals surface area contributed by atoms with Crippen LogP contribution in [0.25, 0.3) is 0 Å². The van der Waals surface area contributed by atoms with Gasteiger partial charge >= 0.3 is 11.8 Å². The number of nitriles is 1. The van der Waals surface area contributed by atoms with Gasteiger partial charge in [0.05, 0.1) is 11.3 Å². The summed E-state index contributed by atoms with van der Waals surface area (Å²) < 4.78 is 5.68. The molecule has 0 heterocycles. The molecule has 0 saturated heterocycles. The van der Waals surface area contributed by atoms with Crippen LogP contribution in [0.2, 0.25) is 0 Å². The smallest absolute Gasteiger partial charge is 0.314 e. The molecule has 0 aromatic heterocycles. The zero-order chi connectivity index (χ0) is 19.8. The van der Waals surface area contributed by atoms with E-state index in [4.69, 9.17) is 10.00 Å². The summed E-state index contributed by atoms with van der Waals surface area (Å²) in [6, 6.07) is 24.9. The van der Waals surface area contributed by atoms with Crippen molar-refractivity contribution in [3.05, 3.63) is 90.0 Å². The molecule has 0 spiro atoms. The molecule has 2 amide bonds. The fourth-order valence-corrected chi connectivity index (χ4v) is 2.43. The summed E-state index contributed by atoms with van der Waals surface area (Å²) in [5.41, 5.74) is 2.08. The van der Waals surface area contributed by atoms with E-state index in [1.54, 1.807) is 48.5 Å². The molecule has 0 aliphatic carbocycles. The Morgan fingerprint density at radius 1 is 0.821 bits per heavy atom. The van der Waals surface area contributed by atoms with Crippen molar-refractivity contribution in [3.63, 3.8) is 0 Å². The van der Waals surface area contributed by atoms with Gasteiger partial charge in [-0.2, -0.15) is 5.26 Å². The van der Waals surface area contributed by atoms with Gasteiger partial charge in [0.2, 0.25) is 0 Å². The van der Waals surface area contributed by atoms with Crippen molar-refractivity contribution in [1.82, 2.24) is 0 Å². The Balaban J connectivity index is 1.55. The van der Waals surface area contributed by atoms with E-state index < -0.39 is 11.8 Å². The van der Waals surface area contributed by atoms with Gasteiger partial charge in [0.1, 0.15) is 18.4 Å². The van der Waals surface area contributed by atoms with E-state index in [1.807, 2.05) is 36.4 Å². The molecular weight excluding hydrogens is 354 g/mol. The van der Waals surface area contributed by atoms with Gasteiger partial charge in [-0.05, 0) is 42.0 Å². The zero-order valence-electron chi connectivity index (χ0n) is 14.9. The van der Waals surface area contributed by atoms with Gasteiger partial charge in [-0.15, -0.1) is 0 Å². The van der Waals surface area contributed by atoms with Gasteiger partial charge in [0.15, 0.2) is 0 Å². The molecule has 0 saturated carbocycles.